The molecule has 0 aromatic carbocycles. The van der Waals surface area contributed by atoms with Crippen LogP contribution < -0.4 is 0 Å². The summed E-state index contributed by atoms with van der Waals surface area (Å²) in [7, 11) is 3.52. The number of thioether (sulfide) groups is 1. The van der Waals surface area contributed by atoms with E-state index in [-0.39, 0.29) is 5.91 Å². The van der Waals surface area contributed by atoms with Crippen LogP contribution in [0.1, 0.15) is 18.9 Å². The summed E-state index contributed by atoms with van der Waals surface area (Å²) in [6.45, 7) is 0. The molecule has 2 heterocycles. The Hall–Kier alpha value is -1.89. The van der Waals surface area contributed by atoms with Gasteiger partial charge in [0.1, 0.15) is 0 Å². The molecule has 1 fully saturated rings. The molecule has 3 rings (SSSR count). The minimum Gasteiger partial charge on any atom is -0.348 e. The highest BCUT2D eigenvalue weighted by atomic mass is 32.2. The van der Waals surface area contributed by atoms with Crippen molar-refractivity contribution in [3.63, 3.8) is 0 Å². The van der Waals surface area contributed by atoms with E-state index in [1.807, 2.05) is 12.1 Å². The van der Waals surface area contributed by atoms with Gasteiger partial charge >= 0.3 is 0 Å². The first-order valence-electron chi connectivity index (χ1n) is 6.85. The number of carbonyl (C=O) groups is 1. The molecule has 0 spiro atoms. The first-order valence-corrected chi connectivity index (χ1v) is 7.83. The van der Waals surface area contributed by atoms with Gasteiger partial charge in [-0.05, 0) is 25.0 Å². The van der Waals surface area contributed by atoms with E-state index in [4.69, 9.17) is 0 Å². The third-order valence-electron chi connectivity index (χ3n) is 3.34. The average molecular weight is 303 g/mol. The molecule has 1 aliphatic rings. The lowest BCUT2D eigenvalue weighted by Crippen LogP contribution is -2.23. The van der Waals surface area contributed by atoms with Crippen LogP contribution in [0, 0.1) is 0 Å². The highest BCUT2D eigenvalue weighted by Gasteiger charge is 2.30. The third-order valence-corrected chi connectivity index (χ3v) is 4.27. The molecule has 0 radical (unpaired) electrons. The lowest BCUT2D eigenvalue weighted by molar-refractivity contribution is -0.125. The fourth-order valence-electron chi connectivity index (χ4n) is 1.99. The van der Waals surface area contributed by atoms with Crippen LogP contribution in [-0.4, -0.2) is 50.4 Å². The monoisotopic (exact) mass is 303 g/mol. The van der Waals surface area contributed by atoms with Gasteiger partial charge in [0, 0.05) is 38.1 Å². The van der Waals surface area contributed by atoms with E-state index in [1.54, 1.807) is 31.4 Å². The van der Waals surface area contributed by atoms with Gasteiger partial charge in [-0.3, -0.25) is 14.3 Å². The van der Waals surface area contributed by atoms with Crippen molar-refractivity contribution in [1.29, 1.82) is 0 Å². The lowest BCUT2D eigenvalue weighted by Gasteiger charge is -2.11. The second-order valence-corrected chi connectivity index (χ2v) is 6.16. The van der Waals surface area contributed by atoms with Crippen molar-refractivity contribution < 1.29 is 4.79 Å². The standard InChI is InChI=1S/C14H17N5OS/c1-18(2)12(20)9-21-14-17-16-13(19(14)11-3-4-11)10-5-7-15-8-6-10/h5-8,11H,3-4,9H2,1-2H3. The van der Waals surface area contributed by atoms with Crippen LogP contribution in [0.2, 0.25) is 0 Å². The number of rotatable bonds is 5. The Bertz CT molecular complexity index is 636. The number of hydrogen-bond acceptors (Lipinski definition) is 5. The van der Waals surface area contributed by atoms with E-state index in [1.165, 1.54) is 11.8 Å². The molecule has 2 aromatic heterocycles. The predicted molar refractivity (Wildman–Crippen MR) is 80.9 cm³/mol. The minimum absolute atomic E-state index is 0.0795. The van der Waals surface area contributed by atoms with E-state index in [9.17, 15) is 4.79 Å². The minimum atomic E-state index is 0.0795. The predicted octanol–water partition coefficient (Wildman–Crippen LogP) is 1.86. The van der Waals surface area contributed by atoms with Gasteiger partial charge < -0.3 is 4.90 Å². The maximum Gasteiger partial charge on any atom is 0.232 e. The van der Waals surface area contributed by atoms with Crippen LogP contribution in [0.15, 0.2) is 29.7 Å². The van der Waals surface area contributed by atoms with Gasteiger partial charge in [-0.2, -0.15) is 0 Å². The summed E-state index contributed by atoms with van der Waals surface area (Å²) in [4.78, 5) is 17.4. The molecule has 0 unspecified atom stereocenters. The van der Waals surface area contributed by atoms with Crippen molar-refractivity contribution in [1.82, 2.24) is 24.6 Å². The summed E-state index contributed by atoms with van der Waals surface area (Å²) in [6.07, 6.45) is 5.80. The number of amides is 1. The maximum absolute atomic E-state index is 11.7. The smallest absolute Gasteiger partial charge is 0.232 e. The van der Waals surface area contributed by atoms with Crippen LogP contribution in [0.25, 0.3) is 11.4 Å². The van der Waals surface area contributed by atoms with Gasteiger partial charge in [0.2, 0.25) is 5.91 Å². The summed E-state index contributed by atoms with van der Waals surface area (Å²) < 4.78 is 2.16. The summed E-state index contributed by atoms with van der Waals surface area (Å²) in [5.74, 6) is 1.32. The Morgan fingerprint density at radius 3 is 2.67 bits per heavy atom. The quantitative estimate of drug-likeness (QED) is 0.789. The molecule has 7 heteroatoms. The fourth-order valence-corrected chi connectivity index (χ4v) is 2.97. The highest BCUT2D eigenvalue weighted by Crippen LogP contribution is 2.40. The summed E-state index contributed by atoms with van der Waals surface area (Å²) >= 11 is 1.45. The SMILES string of the molecule is CN(C)C(=O)CSc1nnc(-c2ccncc2)n1C1CC1. The van der Waals surface area contributed by atoms with Gasteiger partial charge in [-0.1, -0.05) is 11.8 Å². The summed E-state index contributed by atoms with van der Waals surface area (Å²) in [5, 5.41) is 9.40. The van der Waals surface area contributed by atoms with E-state index in [2.05, 4.69) is 19.7 Å². The van der Waals surface area contributed by atoms with Gasteiger partial charge in [-0.15, -0.1) is 10.2 Å². The molecule has 1 saturated carbocycles. The molecule has 1 amide bonds. The van der Waals surface area contributed by atoms with Gasteiger partial charge in [0.25, 0.3) is 0 Å². The Kier molecular flexibility index (Phi) is 3.92. The number of hydrogen-bond donors (Lipinski definition) is 0. The Morgan fingerprint density at radius 1 is 1.33 bits per heavy atom. The molecule has 1 aliphatic carbocycles. The summed E-state index contributed by atoms with van der Waals surface area (Å²) in [5.41, 5.74) is 1.01. The molecule has 110 valence electrons. The van der Waals surface area contributed by atoms with Crippen LogP contribution >= 0.6 is 11.8 Å². The number of pyridine rings is 1. The number of aromatic nitrogens is 4. The molecule has 0 N–H and O–H groups in total. The first-order chi connectivity index (χ1) is 10.2. The molecular weight excluding hydrogens is 286 g/mol. The van der Waals surface area contributed by atoms with Gasteiger partial charge in [-0.25, -0.2) is 0 Å². The van der Waals surface area contributed by atoms with Crippen molar-refractivity contribution >= 4 is 17.7 Å². The first kappa shape index (κ1) is 14.1. The Balaban J connectivity index is 1.85. The van der Waals surface area contributed by atoms with Crippen molar-refractivity contribution in [2.75, 3.05) is 19.8 Å². The van der Waals surface area contributed by atoms with E-state index in [0.29, 0.717) is 11.8 Å². The molecule has 6 nitrogen and oxygen atoms in total. The van der Waals surface area contributed by atoms with Crippen molar-refractivity contribution in [2.24, 2.45) is 0 Å². The highest BCUT2D eigenvalue weighted by molar-refractivity contribution is 7.99. The van der Waals surface area contributed by atoms with Gasteiger partial charge in [0.15, 0.2) is 11.0 Å². The molecule has 0 bridgehead atoms. The van der Waals surface area contributed by atoms with Crippen molar-refractivity contribution in [2.45, 2.75) is 24.0 Å². The van der Waals surface area contributed by atoms with Crippen LogP contribution in [-0.2, 0) is 4.79 Å². The van der Waals surface area contributed by atoms with Crippen LogP contribution in [0.3, 0.4) is 0 Å². The molecule has 0 aliphatic heterocycles. The molecule has 2 aromatic rings. The molecule has 21 heavy (non-hydrogen) atoms. The largest absolute Gasteiger partial charge is 0.348 e. The zero-order valence-electron chi connectivity index (χ0n) is 12.1. The lowest BCUT2D eigenvalue weighted by atomic mass is 10.2. The zero-order chi connectivity index (χ0) is 14.8. The Morgan fingerprint density at radius 2 is 2.05 bits per heavy atom. The second-order valence-electron chi connectivity index (χ2n) is 5.22. The van der Waals surface area contributed by atoms with Crippen molar-refractivity contribution in [3.8, 4) is 11.4 Å². The number of nitrogens with zero attached hydrogens (tertiary/aromatic N) is 5. The third kappa shape index (κ3) is 3.07. The molecular formula is C14H17N5OS. The number of carbonyl (C=O) groups excluding carboxylic acids is 1. The maximum atomic E-state index is 11.7. The topological polar surface area (TPSA) is 63.9 Å². The Labute approximate surface area is 127 Å². The van der Waals surface area contributed by atoms with Gasteiger partial charge in [0.05, 0.1) is 5.75 Å². The normalized spacial score (nSPS) is 14.2. The average Bonchev–Trinajstić information content (AvgIpc) is 3.25. The van der Waals surface area contributed by atoms with Crippen molar-refractivity contribution in [3.05, 3.63) is 24.5 Å². The van der Waals surface area contributed by atoms with E-state index >= 15 is 0 Å². The molecule has 0 saturated heterocycles. The zero-order valence-corrected chi connectivity index (χ0v) is 12.9. The van der Waals surface area contributed by atoms with Crippen LogP contribution in [0.4, 0.5) is 0 Å². The second kappa shape index (κ2) is 5.85. The molecule has 0 atom stereocenters. The van der Waals surface area contributed by atoms with E-state index < -0.39 is 0 Å². The van der Waals surface area contributed by atoms with E-state index in [0.717, 1.165) is 29.4 Å². The van der Waals surface area contributed by atoms with Crippen LogP contribution in [0.5, 0.6) is 0 Å². The fraction of sp³-hybridized carbons (Fsp3) is 0.429. The summed E-state index contributed by atoms with van der Waals surface area (Å²) in [6, 6.07) is 4.32.